The third-order valence-electron chi connectivity index (χ3n) is 8.52. The SMILES string of the molecule is CCOC(=O)CCN(C(=O)c1ccc2c(c1)nc(CNc1ccc(C(=N)N)cc1)n2C)c1ccccn1.Cc1ccc(S(=O)(=O)O)cc1.Cc1ccc(S(=O)(=O)O)cc1. The fourth-order valence-electron chi connectivity index (χ4n) is 5.34. The van der Waals surface area contributed by atoms with Gasteiger partial charge in [0, 0.05) is 36.6 Å². The lowest BCUT2D eigenvalue weighted by atomic mass is 10.1. The second-order valence-corrected chi connectivity index (χ2v) is 15.8. The van der Waals surface area contributed by atoms with Gasteiger partial charge in [-0.15, -0.1) is 0 Å². The number of rotatable bonds is 12. The molecule has 0 aliphatic carbocycles. The van der Waals surface area contributed by atoms with Crippen LogP contribution in [0.4, 0.5) is 11.5 Å². The van der Waals surface area contributed by atoms with Crippen LogP contribution in [0, 0.1) is 19.3 Å². The Hall–Kier alpha value is -6.47. The van der Waals surface area contributed by atoms with E-state index in [0.29, 0.717) is 29.0 Å². The minimum Gasteiger partial charge on any atom is -0.466 e. The van der Waals surface area contributed by atoms with Crippen LogP contribution in [0.2, 0.25) is 0 Å². The van der Waals surface area contributed by atoms with Crippen LogP contribution in [0.25, 0.3) is 11.0 Å². The number of nitrogens with two attached hydrogens (primary N) is 1. The van der Waals surface area contributed by atoms with Crippen LogP contribution in [-0.2, 0) is 43.4 Å². The Balaban J connectivity index is 0.000000282. The van der Waals surface area contributed by atoms with E-state index in [2.05, 4.69) is 10.3 Å². The standard InChI is InChI=1S/C27H29N7O3.2C7H8O3S/c1-3-37-25(35)13-15-34(23-6-4-5-14-30-23)27(36)19-9-12-22-21(16-19)32-24(33(22)2)17-31-20-10-7-18(8-11-20)26(28)29;2*1-6-2-4-7(5-3-6)11(8,9)10/h4-12,14,16,31H,3,13,15,17H2,1-2H3,(H3,28,29);2*2-5H,1H3,(H,8,9,10). The molecule has 2 heterocycles. The number of benzene rings is 4. The Kier molecular flexibility index (Phi) is 15.6. The van der Waals surface area contributed by atoms with Gasteiger partial charge in [-0.2, -0.15) is 16.8 Å². The molecule has 0 bridgehead atoms. The van der Waals surface area contributed by atoms with Crippen LogP contribution in [0.1, 0.15) is 46.2 Å². The molecule has 310 valence electrons. The van der Waals surface area contributed by atoms with Crippen LogP contribution >= 0.6 is 0 Å². The number of pyridine rings is 1. The van der Waals surface area contributed by atoms with E-state index >= 15 is 0 Å². The van der Waals surface area contributed by atoms with Gasteiger partial charge in [0.1, 0.15) is 17.5 Å². The van der Waals surface area contributed by atoms with Crippen molar-refractivity contribution in [1.29, 1.82) is 5.41 Å². The highest BCUT2D eigenvalue weighted by molar-refractivity contribution is 7.86. The van der Waals surface area contributed by atoms with E-state index in [4.69, 9.17) is 30.0 Å². The zero-order chi connectivity index (χ0) is 43.3. The molecule has 2 aromatic heterocycles. The van der Waals surface area contributed by atoms with E-state index in [9.17, 15) is 26.4 Å². The number of carbonyl (C=O) groups is 2. The molecule has 4 aromatic carbocycles. The first-order chi connectivity index (χ1) is 27.9. The lowest BCUT2D eigenvalue weighted by Crippen LogP contribution is -2.34. The third kappa shape index (κ3) is 13.3. The van der Waals surface area contributed by atoms with Gasteiger partial charge in [-0.05, 0) is 99.6 Å². The minimum absolute atomic E-state index is 0.0229. The maximum atomic E-state index is 13.5. The number of aryl methyl sites for hydroxylation is 3. The van der Waals surface area contributed by atoms with Crippen LogP contribution in [0.5, 0.6) is 0 Å². The van der Waals surface area contributed by atoms with Crippen LogP contribution in [0.15, 0.2) is 125 Å². The Morgan fingerprint density at radius 3 is 1.88 bits per heavy atom. The smallest absolute Gasteiger partial charge is 0.307 e. The molecule has 6 aromatic rings. The van der Waals surface area contributed by atoms with Crippen LogP contribution in [0.3, 0.4) is 0 Å². The van der Waals surface area contributed by atoms with Crippen molar-refractivity contribution in [2.24, 2.45) is 12.8 Å². The van der Waals surface area contributed by atoms with Crippen molar-refractivity contribution in [3.05, 3.63) is 143 Å². The quantitative estimate of drug-likeness (QED) is 0.0414. The summed E-state index contributed by atoms with van der Waals surface area (Å²) in [7, 11) is -6.12. The number of imidazole rings is 1. The second-order valence-electron chi connectivity index (χ2n) is 12.9. The number of carbonyl (C=O) groups excluding carboxylic acids is 2. The van der Waals surface area contributed by atoms with Crippen molar-refractivity contribution in [3.63, 3.8) is 0 Å². The highest BCUT2D eigenvalue weighted by Crippen LogP contribution is 2.22. The summed E-state index contributed by atoms with van der Waals surface area (Å²) in [6.07, 6.45) is 1.67. The fraction of sp³-hybridized carbons (Fsp3) is 0.195. The van der Waals surface area contributed by atoms with Crippen molar-refractivity contribution in [1.82, 2.24) is 14.5 Å². The monoisotopic (exact) mass is 843 g/mol. The number of ether oxygens (including phenoxy) is 1. The molecule has 1 amide bonds. The molecule has 59 heavy (non-hydrogen) atoms. The Labute approximate surface area is 342 Å². The van der Waals surface area contributed by atoms with Crippen molar-refractivity contribution in [2.45, 2.75) is 43.5 Å². The first-order valence-corrected chi connectivity index (χ1v) is 20.9. The average Bonchev–Trinajstić information content (AvgIpc) is 3.52. The van der Waals surface area contributed by atoms with E-state index in [1.165, 1.54) is 29.2 Å². The van der Waals surface area contributed by atoms with Gasteiger partial charge >= 0.3 is 5.97 Å². The van der Waals surface area contributed by atoms with Crippen molar-refractivity contribution in [3.8, 4) is 0 Å². The number of aromatic nitrogens is 3. The zero-order valence-electron chi connectivity index (χ0n) is 32.7. The molecule has 0 spiro atoms. The molecule has 0 fully saturated rings. The number of nitrogens with one attached hydrogen (secondary N) is 2. The molecule has 18 heteroatoms. The highest BCUT2D eigenvalue weighted by atomic mass is 32.2. The molecule has 16 nitrogen and oxygen atoms in total. The second kappa shape index (κ2) is 20.3. The molecule has 0 aliphatic rings. The van der Waals surface area contributed by atoms with Gasteiger partial charge in [0.15, 0.2) is 0 Å². The van der Waals surface area contributed by atoms with Gasteiger partial charge in [0.05, 0.1) is 40.4 Å². The average molecular weight is 844 g/mol. The summed E-state index contributed by atoms with van der Waals surface area (Å²) in [5.74, 6) is 0.623. The van der Waals surface area contributed by atoms with Crippen molar-refractivity contribution in [2.75, 3.05) is 23.4 Å². The molecule has 0 aliphatic heterocycles. The van der Waals surface area contributed by atoms with E-state index in [0.717, 1.165) is 28.2 Å². The summed E-state index contributed by atoms with van der Waals surface area (Å²) in [6, 6.07) is 29.9. The van der Waals surface area contributed by atoms with E-state index < -0.39 is 20.2 Å². The Morgan fingerprint density at radius 1 is 0.831 bits per heavy atom. The first-order valence-electron chi connectivity index (χ1n) is 18.0. The largest absolute Gasteiger partial charge is 0.466 e. The molecule has 0 saturated carbocycles. The van der Waals surface area contributed by atoms with Gasteiger partial charge in [-0.1, -0.05) is 41.5 Å². The maximum absolute atomic E-state index is 13.5. The van der Waals surface area contributed by atoms with Crippen molar-refractivity contribution >= 4 is 60.5 Å². The number of amides is 1. The molecule has 0 saturated heterocycles. The fourth-order valence-corrected chi connectivity index (χ4v) is 6.30. The topological polar surface area (TPSA) is 248 Å². The lowest BCUT2D eigenvalue weighted by Gasteiger charge is -2.21. The van der Waals surface area contributed by atoms with E-state index in [1.54, 1.807) is 79.9 Å². The number of fused-ring (bicyclic) bond motifs is 1. The predicted octanol–water partition coefficient (Wildman–Crippen LogP) is 5.95. The van der Waals surface area contributed by atoms with E-state index in [1.807, 2.05) is 43.7 Å². The predicted molar refractivity (Wildman–Crippen MR) is 225 cm³/mol. The van der Waals surface area contributed by atoms with Crippen molar-refractivity contribution < 1.29 is 40.3 Å². The molecule has 0 radical (unpaired) electrons. The van der Waals surface area contributed by atoms with Crippen LogP contribution < -0.4 is 16.0 Å². The van der Waals surface area contributed by atoms with Gasteiger partial charge < -0.3 is 20.4 Å². The zero-order valence-corrected chi connectivity index (χ0v) is 34.4. The Bertz CT molecular complexity index is 2530. The summed E-state index contributed by atoms with van der Waals surface area (Å²) < 4.78 is 66.1. The summed E-state index contributed by atoms with van der Waals surface area (Å²) >= 11 is 0. The first kappa shape index (κ1) is 45.2. The van der Waals surface area contributed by atoms with E-state index in [-0.39, 0.29) is 47.1 Å². The Morgan fingerprint density at radius 2 is 1.39 bits per heavy atom. The number of hydrogen-bond acceptors (Lipinski definition) is 11. The number of hydrogen-bond donors (Lipinski definition) is 5. The molecular formula is C41H45N7O9S2. The van der Waals surface area contributed by atoms with Gasteiger partial charge in [-0.25, -0.2) is 9.97 Å². The molecular weight excluding hydrogens is 799 g/mol. The number of anilines is 2. The molecule has 6 N–H and O–H groups in total. The highest BCUT2D eigenvalue weighted by Gasteiger charge is 2.21. The molecule has 0 atom stereocenters. The maximum Gasteiger partial charge on any atom is 0.307 e. The minimum atomic E-state index is -4.02. The number of nitrogens with zero attached hydrogens (tertiary/aromatic N) is 4. The number of esters is 1. The summed E-state index contributed by atoms with van der Waals surface area (Å²) in [5.41, 5.74) is 11.0. The van der Waals surface area contributed by atoms with Gasteiger partial charge in [0.25, 0.3) is 26.1 Å². The summed E-state index contributed by atoms with van der Waals surface area (Å²) in [5, 5.41) is 10.8. The summed E-state index contributed by atoms with van der Waals surface area (Å²) in [4.78, 5) is 35.8. The summed E-state index contributed by atoms with van der Waals surface area (Å²) in [6.45, 7) is 6.32. The van der Waals surface area contributed by atoms with Gasteiger partial charge in [-0.3, -0.25) is 29.0 Å². The lowest BCUT2D eigenvalue weighted by molar-refractivity contribution is -0.142. The van der Waals surface area contributed by atoms with Crippen LogP contribution in [-0.4, -0.2) is 71.3 Å². The normalized spacial score (nSPS) is 11.0. The van der Waals surface area contributed by atoms with Gasteiger partial charge in [0.2, 0.25) is 0 Å². The number of amidine groups is 1. The third-order valence-corrected chi connectivity index (χ3v) is 10.3. The number of nitrogen functional groups attached to an aromatic ring is 1. The molecule has 0 unspecified atom stereocenters. The molecule has 6 rings (SSSR count).